The number of ether oxygens (including phenoxy) is 2. The Morgan fingerprint density at radius 1 is 0.893 bits per heavy atom. The van der Waals surface area contributed by atoms with E-state index in [2.05, 4.69) is 0 Å². The summed E-state index contributed by atoms with van der Waals surface area (Å²) in [4.78, 5) is 34.9. The standard InChI is InChI=1S/C21H20N2O5/c1-3-27-18-11-15(10-16-19(24)22-21(26)23-20(16)25)8-9-17(18)28-12-14-6-4-13(2)5-7-14/h4-11H,3,12H2,1-2H3,(H2,22,23,24,25,26). The number of imide groups is 2. The molecule has 0 atom stereocenters. The third-order valence-corrected chi connectivity index (χ3v) is 4.04. The summed E-state index contributed by atoms with van der Waals surface area (Å²) in [6, 6.07) is 12.3. The van der Waals surface area contributed by atoms with Gasteiger partial charge in [-0.1, -0.05) is 35.9 Å². The molecule has 0 saturated carbocycles. The molecule has 7 heteroatoms. The van der Waals surface area contributed by atoms with Gasteiger partial charge in [0.25, 0.3) is 11.8 Å². The molecule has 0 radical (unpaired) electrons. The van der Waals surface area contributed by atoms with Gasteiger partial charge in [-0.2, -0.15) is 0 Å². The van der Waals surface area contributed by atoms with Gasteiger partial charge in [-0.05, 0) is 43.2 Å². The lowest BCUT2D eigenvalue weighted by atomic mass is 10.1. The molecule has 1 aliphatic heterocycles. The molecule has 2 N–H and O–H groups in total. The number of rotatable bonds is 6. The van der Waals surface area contributed by atoms with E-state index in [0.29, 0.717) is 30.3 Å². The molecule has 1 heterocycles. The molecule has 2 aromatic carbocycles. The number of hydrogen-bond acceptors (Lipinski definition) is 5. The number of amides is 4. The quantitative estimate of drug-likeness (QED) is 0.594. The molecule has 4 amide bonds. The van der Waals surface area contributed by atoms with Gasteiger partial charge in [0.05, 0.1) is 6.61 Å². The number of benzene rings is 2. The second-order valence-corrected chi connectivity index (χ2v) is 6.21. The normalized spacial score (nSPS) is 13.6. The number of hydrogen-bond donors (Lipinski definition) is 2. The average molecular weight is 380 g/mol. The zero-order chi connectivity index (χ0) is 20.1. The first-order chi connectivity index (χ1) is 13.5. The fraction of sp³-hybridized carbons (Fsp3) is 0.190. The lowest BCUT2D eigenvalue weighted by molar-refractivity contribution is -0.123. The van der Waals surface area contributed by atoms with E-state index >= 15 is 0 Å². The van der Waals surface area contributed by atoms with Crippen LogP contribution in [0.1, 0.15) is 23.6 Å². The summed E-state index contributed by atoms with van der Waals surface area (Å²) < 4.78 is 11.5. The molecule has 1 saturated heterocycles. The lowest BCUT2D eigenvalue weighted by Crippen LogP contribution is -2.51. The van der Waals surface area contributed by atoms with Gasteiger partial charge in [-0.3, -0.25) is 20.2 Å². The third kappa shape index (κ3) is 4.56. The molecule has 3 rings (SSSR count). The summed E-state index contributed by atoms with van der Waals surface area (Å²) in [6.45, 7) is 4.68. The topological polar surface area (TPSA) is 93.7 Å². The summed E-state index contributed by atoms with van der Waals surface area (Å²) in [5.41, 5.74) is 2.62. The van der Waals surface area contributed by atoms with Gasteiger partial charge < -0.3 is 9.47 Å². The maximum absolute atomic E-state index is 11.9. The van der Waals surface area contributed by atoms with Crippen molar-refractivity contribution in [2.24, 2.45) is 0 Å². The highest BCUT2D eigenvalue weighted by atomic mass is 16.5. The van der Waals surface area contributed by atoms with Crippen LogP contribution in [-0.2, 0) is 16.2 Å². The highest BCUT2D eigenvalue weighted by Crippen LogP contribution is 2.30. The van der Waals surface area contributed by atoms with Crippen LogP contribution in [-0.4, -0.2) is 24.5 Å². The van der Waals surface area contributed by atoms with Gasteiger partial charge in [0, 0.05) is 0 Å². The van der Waals surface area contributed by atoms with E-state index < -0.39 is 17.8 Å². The zero-order valence-electron chi connectivity index (χ0n) is 15.6. The first-order valence-corrected chi connectivity index (χ1v) is 8.80. The predicted molar refractivity (Wildman–Crippen MR) is 103 cm³/mol. The Morgan fingerprint density at radius 3 is 2.21 bits per heavy atom. The fourth-order valence-corrected chi connectivity index (χ4v) is 2.62. The van der Waals surface area contributed by atoms with Crippen LogP contribution >= 0.6 is 0 Å². The molecule has 144 valence electrons. The molecular weight excluding hydrogens is 360 g/mol. The van der Waals surface area contributed by atoms with Crippen LogP contribution in [0.4, 0.5) is 4.79 Å². The van der Waals surface area contributed by atoms with E-state index in [1.807, 2.05) is 48.7 Å². The van der Waals surface area contributed by atoms with Crippen LogP contribution in [0.15, 0.2) is 48.0 Å². The maximum atomic E-state index is 11.9. The zero-order valence-corrected chi connectivity index (χ0v) is 15.6. The first-order valence-electron chi connectivity index (χ1n) is 8.80. The Hall–Kier alpha value is -3.61. The van der Waals surface area contributed by atoms with E-state index in [0.717, 1.165) is 5.56 Å². The van der Waals surface area contributed by atoms with E-state index in [1.165, 1.54) is 11.6 Å². The van der Waals surface area contributed by atoms with Gasteiger partial charge in [-0.25, -0.2) is 4.79 Å². The van der Waals surface area contributed by atoms with E-state index in [-0.39, 0.29) is 5.57 Å². The minimum Gasteiger partial charge on any atom is -0.490 e. The molecule has 7 nitrogen and oxygen atoms in total. The summed E-state index contributed by atoms with van der Waals surface area (Å²) in [7, 11) is 0. The summed E-state index contributed by atoms with van der Waals surface area (Å²) >= 11 is 0. The summed E-state index contributed by atoms with van der Waals surface area (Å²) in [6.07, 6.45) is 1.39. The molecule has 1 aliphatic rings. The van der Waals surface area contributed by atoms with Crippen LogP contribution in [0, 0.1) is 6.92 Å². The van der Waals surface area contributed by atoms with Gasteiger partial charge in [0.15, 0.2) is 11.5 Å². The Bertz CT molecular complexity index is 926. The van der Waals surface area contributed by atoms with Crippen LogP contribution < -0.4 is 20.1 Å². The molecule has 0 bridgehead atoms. The summed E-state index contributed by atoms with van der Waals surface area (Å²) in [5, 5.41) is 4.08. The number of nitrogens with one attached hydrogen (secondary N) is 2. The van der Waals surface area contributed by atoms with Gasteiger partial charge in [-0.15, -0.1) is 0 Å². The van der Waals surface area contributed by atoms with Gasteiger partial charge >= 0.3 is 6.03 Å². The minimum atomic E-state index is -0.831. The second-order valence-electron chi connectivity index (χ2n) is 6.21. The van der Waals surface area contributed by atoms with Crippen LogP contribution in [0.3, 0.4) is 0 Å². The Balaban J connectivity index is 1.81. The fourth-order valence-electron chi connectivity index (χ4n) is 2.62. The number of aryl methyl sites for hydroxylation is 1. The van der Waals surface area contributed by atoms with Crippen molar-refractivity contribution < 1.29 is 23.9 Å². The van der Waals surface area contributed by atoms with Crippen molar-refractivity contribution in [2.75, 3.05) is 6.61 Å². The Kier molecular flexibility index (Phi) is 5.74. The molecule has 28 heavy (non-hydrogen) atoms. The van der Waals surface area contributed by atoms with Crippen molar-refractivity contribution >= 4 is 23.9 Å². The van der Waals surface area contributed by atoms with Crippen LogP contribution in [0.5, 0.6) is 11.5 Å². The molecule has 0 aliphatic carbocycles. The predicted octanol–water partition coefficient (Wildman–Crippen LogP) is 2.72. The van der Waals surface area contributed by atoms with Crippen LogP contribution in [0.25, 0.3) is 6.08 Å². The Labute approximate surface area is 162 Å². The molecular formula is C21H20N2O5. The van der Waals surface area contributed by atoms with E-state index in [9.17, 15) is 14.4 Å². The van der Waals surface area contributed by atoms with Gasteiger partial charge in [0.2, 0.25) is 0 Å². The number of barbiturate groups is 1. The minimum absolute atomic E-state index is 0.157. The van der Waals surface area contributed by atoms with E-state index in [1.54, 1.807) is 18.2 Å². The van der Waals surface area contributed by atoms with Crippen molar-refractivity contribution in [3.8, 4) is 11.5 Å². The number of carbonyl (C=O) groups is 3. The third-order valence-electron chi connectivity index (χ3n) is 4.04. The molecule has 0 aromatic heterocycles. The molecule has 0 unspecified atom stereocenters. The van der Waals surface area contributed by atoms with Crippen molar-refractivity contribution in [1.29, 1.82) is 0 Å². The highest BCUT2D eigenvalue weighted by Gasteiger charge is 2.27. The lowest BCUT2D eigenvalue weighted by Gasteiger charge is -2.15. The van der Waals surface area contributed by atoms with Crippen molar-refractivity contribution in [2.45, 2.75) is 20.5 Å². The Morgan fingerprint density at radius 2 is 1.57 bits per heavy atom. The van der Waals surface area contributed by atoms with E-state index in [4.69, 9.17) is 9.47 Å². The van der Waals surface area contributed by atoms with Crippen molar-refractivity contribution in [1.82, 2.24) is 10.6 Å². The van der Waals surface area contributed by atoms with Crippen molar-refractivity contribution in [3.63, 3.8) is 0 Å². The average Bonchev–Trinajstić information content (AvgIpc) is 2.65. The molecule has 1 fully saturated rings. The maximum Gasteiger partial charge on any atom is 0.328 e. The monoisotopic (exact) mass is 380 g/mol. The SMILES string of the molecule is CCOc1cc(C=C2C(=O)NC(=O)NC2=O)ccc1OCc1ccc(C)cc1. The van der Waals surface area contributed by atoms with Crippen molar-refractivity contribution in [3.05, 3.63) is 64.7 Å². The summed E-state index contributed by atoms with van der Waals surface area (Å²) in [5.74, 6) is -0.438. The second kappa shape index (κ2) is 8.39. The van der Waals surface area contributed by atoms with Gasteiger partial charge in [0.1, 0.15) is 12.2 Å². The first kappa shape index (κ1) is 19.2. The van der Waals surface area contributed by atoms with Crippen LogP contribution in [0.2, 0.25) is 0 Å². The smallest absolute Gasteiger partial charge is 0.328 e. The number of urea groups is 1. The highest BCUT2D eigenvalue weighted by molar-refractivity contribution is 6.31. The molecule has 2 aromatic rings. The molecule has 0 spiro atoms. The largest absolute Gasteiger partial charge is 0.490 e. The number of carbonyl (C=O) groups excluding carboxylic acids is 3.